The van der Waals surface area contributed by atoms with Crippen molar-refractivity contribution >= 4 is 36.5 Å². The van der Waals surface area contributed by atoms with Crippen LogP contribution in [0.15, 0.2) is 48.5 Å². The average Bonchev–Trinajstić information content (AvgIpc) is 2.95. The van der Waals surface area contributed by atoms with Crippen molar-refractivity contribution in [3.05, 3.63) is 54.2 Å². The van der Waals surface area contributed by atoms with Crippen LogP contribution in [0.4, 0.5) is 0 Å². The maximum absolute atomic E-state index is 13.5. The lowest BCUT2D eigenvalue weighted by molar-refractivity contribution is -0.172. The SMILES string of the molecule is CCC(=O)C[C@]1(C(=O)O)CC(=O)OB([C@@H](CC(=O)[C@@H](NC(=O)c2cccc(-c3ccccc3)n2)[C@@H](C)O)CC(C)C)O1. The molecule has 0 saturated carbocycles. The molecular formula is C30H37BN2O9. The number of carboxylic acids is 1. The van der Waals surface area contributed by atoms with Crippen LogP contribution in [0.5, 0.6) is 0 Å². The van der Waals surface area contributed by atoms with Crippen molar-refractivity contribution in [3.63, 3.8) is 0 Å². The molecule has 12 heteroatoms. The summed E-state index contributed by atoms with van der Waals surface area (Å²) in [6.45, 7) is 6.67. The highest BCUT2D eigenvalue weighted by Gasteiger charge is 2.54. The number of amides is 1. The molecule has 1 aromatic carbocycles. The highest BCUT2D eigenvalue weighted by atomic mass is 16.6. The molecule has 3 rings (SSSR count). The summed E-state index contributed by atoms with van der Waals surface area (Å²) < 4.78 is 11.2. The molecule has 0 radical (unpaired) electrons. The number of Topliss-reactive ketones (excluding diaryl/α,β-unsaturated/α-hetero) is 2. The lowest BCUT2D eigenvalue weighted by Crippen LogP contribution is -2.56. The van der Waals surface area contributed by atoms with Crippen LogP contribution in [-0.2, 0) is 28.5 Å². The van der Waals surface area contributed by atoms with Crippen molar-refractivity contribution in [1.82, 2.24) is 10.3 Å². The minimum Gasteiger partial charge on any atom is -0.509 e. The Morgan fingerprint density at radius 2 is 1.76 bits per heavy atom. The molecule has 11 nitrogen and oxygen atoms in total. The number of aliphatic carboxylic acids is 1. The molecule has 42 heavy (non-hydrogen) atoms. The number of benzene rings is 1. The summed E-state index contributed by atoms with van der Waals surface area (Å²) >= 11 is 0. The van der Waals surface area contributed by atoms with Gasteiger partial charge in [0.05, 0.1) is 18.2 Å². The second-order valence-corrected chi connectivity index (χ2v) is 11.0. The maximum Gasteiger partial charge on any atom is 0.531 e. The minimum atomic E-state index is -2.11. The standard InChI is InChI=1S/C30H37BN2O9/c1-5-22(35)16-30(29(39)40)17-26(37)41-31(42-30)21(14-18(2)3)15-25(36)27(19(4)34)33-28(38)24-13-9-12-23(32-24)20-10-7-6-8-11-20/h6-13,18-19,21,27,34H,5,14-17H2,1-4H3,(H,33,38)(H,39,40)/t19-,21-,27+,30-/m1/s1. The van der Waals surface area contributed by atoms with Crippen molar-refractivity contribution in [3.8, 4) is 11.3 Å². The first kappa shape index (κ1) is 32.6. The van der Waals surface area contributed by atoms with Gasteiger partial charge in [0, 0.05) is 30.6 Å². The number of carboxylic acid groups (broad SMARTS) is 1. The van der Waals surface area contributed by atoms with E-state index in [4.69, 9.17) is 9.31 Å². The zero-order valence-corrected chi connectivity index (χ0v) is 24.2. The van der Waals surface area contributed by atoms with E-state index in [2.05, 4.69) is 10.3 Å². The van der Waals surface area contributed by atoms with Crippen LogP contribution in [0.1, 0.15) is 70.3 Å². The van der Waals surface area contributed by atoms with Gasteiger partial charge in [-0.05, 0) is 31.4 Å². The highest BCUT2D eigenvalue weighted by Crippen LogP contribution is 2.36. The van der Waals surface area contributed by atoms with Gasteiger partial charge in [-0.2, -0.15) is 0 Å². The fraction of sp³-hybridized carbons (Fsp3) is 0.467. The Hall–Kier alpha value is -3.90. The summed E-state index contributed by atoms with van der Waals surface area (Å²) in [4.78, 5) is 68.0. The molecular weight excluding hydrogens is 543 g/mol. The van der Waals surface area contributed by atoms with E-state index >= 15 is 0 Å². The number of aliphatic hydroxyl groups excluding tert-OH is 1. The summed E-state index contributed by atoms with van der Waals surface area (Å²) in [7, 11) is -1.42. The van der Waals surface area contributed by atoms with E-state index in [-0.39, 0.29) is 24.5 Å². The van der Waals surface area contributed by atoms with Crippen LogP contribution in [0, 0.1) is 5.92 Å². The van der Waals surface area contributed by atoms with Crippen molar-refractivity contribution < 1.29 is 43.5 Å². The summed E-state index contributed by atoms with van der Waals surface area (Å²) in [6, 6.07) is 12.8. The van der Waals surface area contributed by atoms with Gasteiger partial charge in [0.2, 0.25) is 0 Å². The number of rotatable bonds is 14. The second-order valence-electron chi connectivity index (χ2n) is 11.0. The molecule has 0 bridgehead atoms. The van der Waals surface area contributed by atoms with Crippen molar-refractivity contribution in [2.75, 3.05) is 0 Å². The number of nitrogens with zero attached hydrogens (tertiary/aromatic N) is 1. The van der Waals surface area contributed by atoms with E-state index in [9.17, 15) is 34.2 Å². The summed E-state index contributed by atoms with van der Waals surface area (Å²) in [6.07, 6.45) is -2.40. The van der Waals surface area contributed by atoms with Gasteiger partial charge in [0.25, 0.3) is 11.9 Å². The van der Waals surface area contributed by atoms with Crippen molar-refractivity contribution in [2.45, 2.75) is 83.4 Å². The third kappa shape index (κ3) is 8.33. The molecule has 4 atom stereocenters. The highest BCUT2D eigenvalue weighted by molar-refractivity contribution is 6.50. The van der Waals surface area contributed by atoms with E-state index in [0.29, 0.717) is 12.1 Å². The topological polar surface area (TPSA) is 169 Å². The predicted octanol–water partition coefficient (Wildman–Crippen LogP) is 3.25. The number of hydrogen-bond acceptors (Lipinski definition) is 9. The molecule has 3 N–H and O–H groups in total. The molecule has 1 aromatic heterocycles. The van der Waals surface area contributed by atoms with Crippen molar-refractivity contribution in [2.24, 2.45) is 5.92 Å². The Bertz CT molecular complexity index is 1300. The van der Waals surface area contributed by atoms with E-state index in [0.717, 1.165) is 5.56 Å². The van der Waals surface area contributed by atoms with Gasteiger partial charge in [-0.25, -0.2) is 9.78 Å². The number of aliphatic hydroxyl groups is 1. The number of hydrogen-bond donors (Lipinski definition) is 3. The monoisotopic (exact) mass is 580 g/mol. The quantitative estimate of drug-likeness (QED) is 0.282. The number of nitrogens with one attached hydrogen (secondary N) is 1. The first-order valence-corrected chi connectivity index (χ1v) is 14.0. The molecule has 1 aliphatic rings. The fourth-order valence-electron chi connectivity index (χ4n) is 4.93. The molecule has 2 aromatic rings. The Kier molecular flexibility index (Phi) is 11.1. The first-order chi connectivity index (χ1) is 19.8. The predicted molar refractivity (Wildman–Crippen MR) is 153 cm³/mol. The summed E-state index contributed by atoms with van der Waals surface area (Å²) in [5.41, 5.74) is -0.713. The summed E-state index contributed by atoms with van der Waals surface area (Å²) in [5, 5.41) is 23.0. The molecule has 1 saturated heterocycles. The smallest absolute Gasteiger partial charge is 0.509 e. The number of carbonyl (C=O) groups is 5. The number of pyridine rings is 1. The molecule has 0 unspecified atom stereocenters. The van der Waals surface area contributed by atoms with Gasteiger partial charge in [-0.3, -0.25) is 19.2 Å². The third-order valence-electron chi connectivity index (χ3n) is 7.08. The Morgan fingerprint density at radius 1 is 1.07 bits per heavy atom. The minimum absolute atomic E-state index is 0.0203. The number of ketones is 2. The lowest BCUT2D eigenvalue weighted by atomic mass is 9.63. The molecule has 0 aliphatic carbocycles. The number of carbonyl (C=O) groups excluding carboxylic acids is 4. The molecule has 1 fully saturated rings. The molecule has 0 spiro atoms. The van der Waals surface area contributed by atoms with Crippen LogP contribution in [0.2, 0.25) is 5.82 Å². The Labute approximate surface area is 245 Å². The van der Waals surface area contributed by atoms with Gasteiger partial charge in [-0.15, -0.1) is 0 Å². The van der Waals surface area contributed by atoms with E-state index in [1.54, 1.807) is 19.1 Å². The van der Waals surface area contributed by atoms with E-state index in [1.165, 1.54) is 13.0 Å². The van der Waals surface area contributed by atoms with E-state index < -0.39 is 72.9 Å². The number of aromatic nitrogens is 1. The zero-order chi connectivity index (χ0) is 31.0. The van der Waals surface area contributed by atoms with Crippen LogP contribution in [0.25, 0.3) is 11.3 Å². The Morgan fingerprint density at radius 3 is 2.36 bits per heavy atom. The largest absolute Gasteiger partial charge is 0.531 e. The fourth-order valence-corrected chi connectivity index (χ4v) is 4.93. The van der Waals surface area contributed by atoms with Gasteiger partial charge >= 0.3 is 13.1 Å². The van der Waals surface area contributed by atoms with Gasteiger partial charge in [-0.1, -0.05) is 57.2 Å². The third-order valence-corrected chi connectivity index (χ3v) is 7.08. The van der Waals surface area contributed by atoms with Crippen LogP contribution in [0.3, 0.4) is 0 Å². The van der Waals surface area contributed by atoms with Crippen molar-refractivity contribution in [1.29, 1.82) is 0 Å². The second kappa shape index (κ2) is 14.3. The molecule has 2 heterocycles. The first-order valence-electron chi connectivity index (χ1n) is 14.0. The molecule has 1 aliphatic heterocycles. The lowest BCUT2D eigenvalue weighted by Gasteiger charge is -2.38. The molecule has 1 amide bonds. The van der Waals surface area contributed by atoms with Gasteiger partial charge in [0.1, 0.15) is 17.5 Å². The van der Waals surface area contributed by atoms with Crippen LogP contribution in [-0.4, -0.2) is 69.5 Å². The van der Waals surface area contributed by atoms with Crippen LogP contribution < -0.4 is 5.32 Å². The Balaban J connectivity index is 1.82. The van der Waals surface area contributed by atoms with E-state index in [1.807, 2.05) is 44.2 Å². The van der Waals surface area contributed by atoms with Crippen LogP contribution >= 0.6 is 0 Å². The molecule has 224 valence electrons. The van der Waals surface area contributed by atoms with Gasteiger partial charge < -0.3 is 24.8 Å². The summed E-state index contributed by atoms with van der Waals surface area (Å²) in [5.74, 6) is -4.80. The normalized spacial score (nSPS) is 19.0. The maximum atomic E-state index is 13.5. The zero-order valence-electron chi connectivity index (χ0n) is 24.2. The average molecular weight is 580 g/mol. The van der Waals surface area contributed by atoms with Gasteiger partial charge in [0.15, 0.2) is 11.4 Å².